The number of aryl methyl sites for hydroxylation is 2. The van der Waals surface area contributed by atoms with Crippen molar-refractivity contribution in [3.05, 3.63) is 53.4 Å². The molecular formula is C14H17FN2O. The fourth-order valence-electron chi connectivity index (χ4n) is 1.90. The summed E-state index contributed by atoms with van der Waals surface area (Å²) in [7, 11) is 1.87. The van der Waals surface area contributed by atoms with Gasteiger partial charge >= 0.3 is 0 Å². The second-order valence-corrected chi connectivity index (χ2v) is 4.87. The van der Waals surface area contributed by atoms with Gasteiger partial charge in [0.05, 0.1) is 5.60 Å². The Morgan fingerprint density at radius 1 is 1.44 bits per heavy atom. The number of benzene rings is 1. The van der Waals surface area contributed by atoms with Crippen LogP contribution in [0.4, 0.5) is 4.39 Å². The van der Waals surface area contributed by atoms with Crippen LogP contribution in [0.2, 0.25) is 0 Å². The topological polar surface area (TPSA) is 38.1 Å². The van der Waals surface area contributed by atoms with Crippen molar-refractivity contribution in [2.24, 2.45) is 7.05 Å². The van der Waals surface area contributed by atoms with Gasteiger partial charge in [-0.25, -0.2) is 9.37 Å². The van der Waals surface area contributed by atoms with E-state index in [1.54, 1.807) is 32.2 Å². The van der Waals surface area contributed by atoms with Gasteiger partial charge in [-0.05, 0) is 31.0 Å². The zero-order valence-electron chi connectivity index (χ0n) is 10.8. The number of hydrogen-bond donors (Lipinski definition) is 1. The molecule has 96 valence electrons. The van der Waals surface area contributed by atoms with Gasteiger partial charge in [-0.15, -0.1) is 0 Å². The monoisotopic (exact) mass is 248 g/mol. The van der Waals surface area contributed by atoms with Gasteiger partial charge in [-0.3, -0.25) is 0 Å². The average Bonchev–Trinajstić information content (AvgIpc) is 2.67. The molecule has 0 spiro atoms. The summed E-state index contributed by atoms with van der Waals surface area (Å²) in [6.07, 6.45) is 3.85. The largest absolute Gasteiger partial charge is 0.385 e. The minimum Gasteiger partial charge on any atom is -0.385 e. The summed E-state index contributed by atoms with van der Waals surface area (Å²) in [6, 6.07) is 4.82. The standard InChI is InChI=1S/C14H17FN2O/c1-10-4-5-11(8-12(10)15)14(2,18)9-13-16-6-7-17(13)3/h4-8,18H,9H2,1-3H3. The maximum Gasteiger partial charge on any atom is 0.126 e. The first-order chi connectivity index (χ1) is 8.40. The lowest BCUT2D eigenvalue weighted by atomic mass is 9.91. The lowest BCUT2D eigenvalue weighted by molar-refractivity contribution is 0.0544. The number of hydrogen-bond acceptors (Lipinski definition) is 2. The van der Waals surface area contributed by atoms with E-state index < -0.39 is 5.60 Å². The predicted molar refractivity (Wildman–Crippen MR) is 67.6 cm³/mol. The highest BCUT2D eigenvalue weighted by atomic mass is 19.1. The van der Waals surface area contributed by atoms with Crippen LogP contribution in [-0.4, -0.2) is 14.7 Å². The van der Waals surface area contributed by atoms with E-state index >= 15 is 0 Å². The Balaban J connectivity index is 2.30. The van der Waals surface area contributed by atoms with E-state index in [9.17, 15) is 9.50 Å². The summed E-state index contributed by atoms with van der Waals surface area (Å²) in [5.41, 5.74) is 0.00772. The lowest BCUT2D eigenvalue weighted by Gasteiger charge is -2.24. The molecule has 3 nitrogen and oxygen atoms in total. The van der Waals surface area contributed by atoms with Crippen LogP contribution in [0.1, 0.15) is 23.9 Å². The van der Waals surface area contributed by atoms with Crippen molar-refractivity contribution in [3.63, 3.8) is 0 Å². The van der Waals surface area contributed by atoms with Gasteiger partial charge in [0.2, 0.25) is 0 Å². The molecule has 0 bridgehead atoms. The molecule has 0 radical (unpaired) electrons. The van der Waals surface area contributed by atoms with Crippen LogP contribution in [-0.2, 0) is 19.1 Å². The van der Waals surface area contributed by atoms with Crippen LogP contribution in [0.15, 0.2) is 30.6 Å². The van der Waals surface area contributed by atoms with E-state index in [0.717, 1.165) is 5.82 Å². The van der Waals surface area contributed by atoms with E-state index in [4.69, 9.17) is 0 Å². The van der Waals surface area contributed by atoms with E-state index in [0.29, 0.717) is 17.5 Å². The van der Waals surface area contributed by atoms with Crippen molar-refractivity contribution in [1.82, 2.24) is 9.55 Å². The molecule has 2 rings (SSSR count). The zero-order valence-corrected chi connectivity index (χ0v) is 10.8. The molecule has 1 aromatic carbocycles. The van der Waals surface area contributed by atoms with Gasteiger partial charge in [0.25, 0.3) is 0 Å². The SMILES string of the molecule is Cc1ccc(C(C)(O)Cc2nccn2C)cc1F. The highest BCUT2D eigenvalue weighted by Gasteiger charge is 2.26. The summed E-state index contributed by atoms with van der Waals surface area (Å²) < 4.78 is 15.4. The van der Waals surface area contributed by atoms with Crippen molar-refractivity contribution < 1.29 is 9.50 Å². The third-order valence-electron chi connectivity index (χ3n) is 3.22. The van der Waals surface area contributed by atoms with Gasteiger partial charge in [-0.1, -0.05) is 12.1 Å². The number of nitrogens with zero attached hydrogens (tertiary/aromatic N) is 2. The molecule has 2 aromatic rings. The van der Waals surface area contributed by atoms with Crippen molar-refractivity contribution >= 4 is 0 Å². The molecule has 0 aliphatic carbocycles. The smallest absolute Gasteiger partial charge is 0.126 e. The van der Waals surface area contributed by atoms with E-state index in [1.807, 2.05) is 17.8 Å². The summed E-state index contributed by atoms with van der Waals surface area (Å²) in [5, 5.41) is 10.5. The molecule has 0 amide bonds. The normalized spacial score (nSPS) is 14.5. The third-order valence-corrected chi connectivity index (χ3v) is 3.22. The van der Waals surface area contributed by atoms with Crippen molar-refractivity contribution in [2.75, 3.05) is 0 Å². The fourth-order valence-corrected chi connectivity index (χ4v) is 1.90. The number of aliphatic hydroxyl groups is 1. The summed E-state index contributed by atoms with van der Waals surface area (Å²) in [5.74, 6) is 0.466. The Morgan fingerprint density at radius 3 is 2.72 bits per heavy atom. The van der Waals surface area contributed by atoms with Gasteiger partial charge in [0.15, 0.2) is 0 Å². The molecule has 1 N–H and O–H groups in total. The number of aromatic nitrogens is 2. The Hall–Kier alpha value is -1.68. The summed E-state index contributed by atoms with van der Waals surface area (Å²) in [4.78, 5) is 4.18. The minimum atomic E-state index is -1.13. The van der Waals surface area contributed by atoms with Gasteiger partial charge in [0.1, 0.15) is 11.6 Å². The molecule has 4 heteroatoms. The Labute approximate surface area is 106 Å². The highest BCUT2D eigenvalue weighted by Crippen LogP contribution is 2.26. The van der Waals surface area contributed by atoms with Gasteiger partial charge in [0, 0.05) is 25.9 Å². The third kappa shape index (κ3) is 2.43. The van der Waals surface area contributed by atoms with Crippen LogP contribution in [0.3, 0.4) is 0 Å². The second kappa shape index (κ2) is 4.53. The molecule has 1 atom stereocenters. The van der Waals surface area contributed by atoms with E-state index in [2.05, 4.69) is 4.98 Å². The zero-order chi connectivity index (χ0) is 13.3. The van der Waals surface area contributed by atoms with Crippen molar-refractivity contribution in [2.45, 2.75) is 25.9 Å². The van der Waals surface area contributed by atoms with Crippen molar-refractivity contribution in [3.8, 4) is 0 Å². The second-order valence-electron chi connectivity index (χ2n) is 4.87. The Bertz CT molecular complexity index is 561. The predicted octanol–water partition coefficient (Wildman–Crippen LogP) is 2.32. The summed E-state index contributed by atoms with van der Waals surface area (Å²) >= 11 is 0. The van der Waals surface area contributed by atoms with Crippen molar-refractivity contribution in [1.29, 1.82) is 0 Å². The van der Waals surface area contributed by atoms with E-state index in [1.165, 1.54) is 6.07 Å². The summed E-state index contributed by atoms with van der Waals surface area (Å²) in [6.45, 7) is 3.37. The lowest BCUT2D eigenvalue weighted by Crippen LogP contribution is -2.26. The number of rotatable bonds is 3. The Morgan fingerprint density at radius 2 is 2.17 bits per heavy atom. The molecular weight excluding hydrogens is 231 g/mol. The molecule has 0 aliphatic heterocycles. The highest BCUT2D eigenvalue weighted by molar-refractivity contribution is 5.28. The van der Waals surface area contributed by atoms with Crippen LogP contribution >= 0.6 is 0 Å². The molecule has 0 aliphatic rings. The number of halogens is 1. The van der Waals surface area contributed by atoms with E-state index in [-0.39, 0.29) is 5.82 Å². The first kappa shape index (κ1) is 12.8. The van der Waals surface area contributed by atoms with Crippen LogP contribution in [0.5, 0.6) is 0 Å². The molecule has 1 aromatic heterocycles. The molecule has 0 fully saturated rings. The molecule has 0 saturated carbocycles. The van der Waals surface area contributed by atoms with Crippen LogP contribution in [0.25, 0.3) is 0 Å². The maximum absolute atomic E-state index is 13.5. The van der Waals surface area contributed by atoms with Crippen LogP contribution in [0, 0.1) is 12.7 Å². The Kier molecular flexibility index (Phi) is 3.22. The fraction of sp³-hybridized carbons (Fsp3) is 0.357. The molecule has 0 saturated heterocycles. The average molecular weight is 248 g/mol. The molecule has 1 unspecified atom stereocenters. The quantitative estimate of drug-likeness (QED) is 0.905. The minimum absolute atomic E-state index is 0.299. The first-order valence-electron chi connectivity index (χ1n) is 5.85. The van der Waals surface area contributed by atoms with Gasteiger partial charge < -0.3 is 9.67 Å². The number of imidazole rings is 1. The molecule has 18 heavy (non-hydrogen) atoms. The van der Waals surface area contributed by atoms with Gasteiger partial charge in [-0.2, -0.15) is 0 Å². The maximum atomic E-state index is 13.5. The molecule has 1 heterocycles. The van der Waals surface area contributed by atoms with Crippen LogP contribution < -0.4 is 0 Å². The first-order valence-corrected chi connectivity index (χ1v) is 5.85.